The summed E-state index contributed by atoms with van der Waals surface area (Å²) < 4.78 is 15.2. The fourth-order valence-electron chi connectivity index (χ4n) is 3.63. The van der Waals surface area contributed by atoms with Crippen molar-refractivity contribution in [1.82, 2.24) is 0 Å². The summed E-state index contributed by atoms with van der Waals surface area (Å²) in [4.78, 5) is 61.2. The van der Waals surface area contributed by atoms with E-state index in [4.69, 9.17) is 14.2 Å². The molecular weight excluding hydrogens is 486 g/mol. The van der Waals surface area contributed by atoms with E-state index in [0.29, 0.717) is 23.6 Å². The Morgan fingerprint density at radius 2 is 1.86 bits per heavy atom. The van der Waals surface area contributed by atoms with Gasteiger partial charge in [0, 0.05) is 30.8 Å². The van der Waals surface area contributed by atoms with Gasteiger partial charge >= 0.3 is 11.9 Å². The lowest BCUT2D eigenvalue weighted by Crippen LogP contribution is -2.28. The molecule has 0 spiro atoms. The van der Waals surface area contributed by atoms with Crippen LogP contribution in [0.2, 0.25) is 0 Å². The Bertz CT molecular complexity index is 1180. The van der Waals surface area contributed by atoms with Gasteiger partial charge in [-0.25, -0.2) is 4.79 Å². The topological polar surface area (TPSA) is 154 Å². The highest BCUT2D eigenvalue weighted by Gasteiger charge is 2.36. The molecule has 3 rings (SSSR count). The molecule has 0 aromatic heterocycles. The van der Waals surface area contributed by atoms with Crippen LogP contribution >= 0.6 is 0 Å². The number of amides is 2. The average Bonchev–Trinajstić information content (AvgIpc) is 3.28. The Morgan fingerprint density at radius 1 is 1.14 bits per heavy atom. The number of rotatable bonds is 11. The Morgan fingerprint density at radius 3 is 2.51 bits per heavy atom. The highest BCUT2D eigenvalue weighted by molar-refractivity contribution is 6.00. The SMILES string of the molecule is CCCCOC(=O)c1ccc(N2C[C@@H](C(=O)OCC(=O)Nc3cc(OC)ccc3[N+](=O)[O-])CC2=O)cc1. The van der Waals surface area contributed by atoms with E-state index < -0.39 is 35.3 Å². The number of unbranched alkanes of at least 4 members (excludes halogenated alkanes) is 1. The Labute approximate surface area is 212 Å². The molecule has 2 amide bonds. The lowest BCUT2D eigenvalue weighted by Gasteiger charge is -2.17. The van der Waals surface area contributed by atoms with E-state index in [1.807, 2.05) is 6.92 Å². The highest BCUT2D eigenvalue weighted by atomic mass is 16.6. The standard InChI is InChI=1S/C25H27N3O9/c1-3-4-11-36-24(31)16-5-7-18(8-6-16)27-14-17(12-23(27)30)25(32)37-15-22(29)26-20-13-19(35-2)9-10-21(20)28(33)34/h5-10,13,17H,3-4,11-12,14-15H2,1-2H3,(H,26,29)/t17-/m0/s1. The predicted molar refractivity (Wildman–Crippen MR) is 131 cm³/mol. The number of nitro benzene ring substituents is 1. The molecule has 1 heterocycles. The Balaban J connectivity index is 1.54. The molecule has 0 bridgehead atoms. The minimum atomic E-state index is -0.801. The average molecular weight is 514 g/mol. The van der Waals surface area contributed by atoms with Crippen molar-refractivity contribution in [2.75, 3.05) is 37.1 Å². The molecule has 0 aliphatic carbocycles. The van der Waals surface area contributed by atoms with Crippen LogP contribution in [0.3, 0.4) is 0 Å². The Hall–Kier alpha value is -4.48. The van der Waals surface area contributed by atoms with E-state index >= 15 is 0 Å². The molecule has 12 heteroatoms. The van der Waals surface area contributed by atoms with Crippen LogP contribution in [0.5, 0.6) is 5.75 Å². The molecule has 1 aliphatic heterocycles. The van der Waals surface area contributed by atoms with E-state index in [9.17, 15) is 29.3 Å². The molecule has 196 valence electrons. The molecule has 1 atom stereocenters. The molecule has 0 radical (unpaired) electrons. The molecule has 12 nitrogen and oxygen atoms in total. The molecule has 2 aromatic carbocycles. The monoisotopic (exact) mass is 513 g/mol. The first kappa shape index (κ1) is 27.1. The van der Waals surface area contributed by atoms with Crippen molar-refractivity contribution in [1.29, 1.82) is 0 Å². The third kappa shape index (κ3) is 7.03. The minimum Gasteiger partial charge on any atom is -0.497 e. The number of hydrogen-bond acceptors (Lipinski definition) is 9. The van der Waals surface area contributed by atoms with Crippen molar-refractivity contribution in [3.05, 3.63) is 58.1 Å². The van der Waals surface area contributed by atoms with Crippen molar-refractivity contribution in [3.63, 3.8) is 0 Å². The van der Waals surface area contributed by atoms with Gasteiger partial charge in [-0.05, 0) is 36.8 Å². The second-order valence-electron chi connectivity index (χ2n) is 8.24. The second kappa shape index (κ2) is 12.5. The summed E-state index contributed by atoms with van der Waals surface area (Å²) in [5, 5.41) is 13.5. The van der Waals surface area contributed by atoms with Crippen molar-refractivity contribution >= 4 is 40.8 Å². The zero-order valence-electron chi connectivity index (χ0n) is 20.4. The fraction of sp³-hybridized carbons (Fsp3) is 0.360. The van der Waals surface area contributed by atoms with Gasteiger partial charge < -0.3 is 24.4 Å². The third-order valence-corrected chi connectivity index (χ3v) is 5.62. The molecule has 1 aliphatic rings. The lowest BCUT2D eigenvalue weighted by molar-refractivity contribution is -0.383. The smallest absolute Gasteiger partial charge is 0.338 e. The molecule has 1 saturated heterocycles. The maximum absolute atomic E-state index is 12.5. The van der Waals surface area contributed by atoms with E-state index in [-0.39, 0.29) is 30.2 Å². The van der Waals surface area contributed by atoms with Gasteiger partial charge in [0.05, 0.1) is 30.1 Å². The first-order chi connectivity index (χ1) is 17.7. The molecule has 0 unspecified atom stereocenters. The van der Waals surface area contributed by atoms with Crippen LogP contribution < -0.4 is 15.0 Å². The number of benzene rings is 2. The number of esters is 2. The van der Waals surface area contributed by atoms with Crippen molar-refractivity contribution < 1.29 is 38.3 Å². The van der Waals surface area contributed by atoms with Gasteiger partial charge in [0.25, 0.3) is 11.6 Å². The van der Waals surface area contributed by atoms with Gasteiger partial charge in [-0.2, -0.15) is 0 Å². The summed E-state index contributed by atoms with van der Waals surface area (Å²) in [6.07, 6.45) is 1.57. The number of nitrogens with zero attached hydrogens (tertiary/aromatic N) is 2. The normalized spacial score (nSPS) is 14.7. The maximum Gasteiger partial charge on any atom is 0.338 e. The van der Waals surface area contributed by atoms with Crippen LogP contribution in [-0.2, 0) is 23.9 Å². The largest absolute Gasteiger partial charge is 0.497 e. The summed E-state index contributed by atoms with van der Waals surface area (Å²) in [6, 6.07) is 10.1. The third-order valence-electron chi connectivity index (χ3n) is 5.62. The van der Waals surface area contributed by atoms with E-state index in [0.717, 1.165) is 12.8 Å². The van der Waals surface area contributed by atoms with E-state index in [2.05, 4.69) is 5.32 Å². The number of ether oxygens (including phenoxy) is 3. The van der Waals surface area contributed by atoms with Gasteiger partial charge in [-0.15, -0.1) is 0 Å². The van der Waals surface area contributed by atoms with Crippen LogP contribution in [0.25, 0.3) is 0 Å². The number of methoxy groups -OCH3 is 1. The van der Waals surface area contributed by atoms with Crippen molar-refractivity contribution in [2.24, 2.45) is 5.92 Å². The number of nitro groups is 1. The zero-order chi connectivity index (χ0) is 26.9. The fourth-order valence-corrected chi connectivity index (χ4v) is 3.63. The predicted octanol–water partition coefficient (Wildman–Crippen LogP) is 3.10. The van der Waals surface area contributed by atoms with Crippen molar-refractivity contribution in [3.8, 4) is 5.75 Å². The lowest BCUT2D eigenvalue weighted by atomic mass is 10.1. The molecule has 0 saturated carbocycles. The first-order valence-corrected chi connectivity index (χ1v) is 11.6. The minimum absolute atomic E-state index is 0.0426. The number of hydrogen-bond donors (Lipinski definition) is 1. The quantitative estimate of drug-likeness (QED) is 0.206. The van der Waals surface area contributed by atoms with Crippen LogP contribution in [0.1, 0.15) is 36.5 Å². The number of carbonyl (C=O) groups excluding carboxylic acids is 4. The molecule has 2 aromatic rings. The number of nitrogens with one attached hydrogen (secondary N) is 1. The maximum atomic E-state index is 12.5. The molecule has 37 heavy (non-hydrogen) atoms. The number of anilines is 2. The Kier molecular flexibility index (Phi) is 9.14. The van der Waals surface area contributed by atoms with Gasteiger partial charge in [0.2, 0.25) is 5.91 Å². The van der Waals surface area contributed by atoms with Gasteiger partial charge in [0.15, 0.2) is 6.61 Å². The van der Waals surface area contributed by atoms with Gasteiger partial charge in [-0.1, -0.05) is 13.3 Å². The second-order valence-corrected chi connectivity index (χ2v) is 8.24. The number of carbonyl (C=O) groups is 4. The van der Waals surface area contributed by atoms with Crippen LogP contribution in [-0.4, -0.2) is 55.5 Å². The van der Waals surface area contributed by atoms with Gasteiger partial charge in [0.1, 0.15) is 11.4 Å². The summed E-state index contributed by atoms with van der Waals surface area (Å²) >= 11 is 0. The van der Waals surface area contributed by atoms with Gasteiger partial charge in [-0.3, -0.25) is 24.5 Å². The molecular formula is C25H27N3O9. The summed E-state index contributed by atoms with van der Waals surface area (Å²) in [7, 11) is 1.37. The summed E-state index contributed by atoms with van der Waals surface area (Å²) in [5.41, 5.74) is 0.404. The summed E-state index contributed by atoms with van der Waals surface area (Å²) in [5.74, 6) is -2.80. The summed E-state index contributed by atoms with van der Waals surface area (Å²) in [6.45, 7) is 1.68. The van der Waals surface area contributed by atoms with Crippen LogP contribution in [0.15, 0.2) is 42.5 Å². The van der Waals surface area contributed by atoms with E-state index in [1.54, 1.807) is 24.3 Å². The molecule has 1 N–H and O–H groups in total. The molecule has 1 fully saturated rings. The van der Waals surface area contributed by atoms with Crippen molar-refractivity contribution in [2.45, 2.75) is 26.2 Å². The highest BCUT2D eigenvalue weighted by Crippen LogP contribution is 2.29. The first-order valence-electron chi connectivity index (χ1n) is 11.6. The zero-order valence-corrected chi connectivity index (χ0v) is 20.4. The van der Waals surface area contributed by atoms with Crippen LogP contribution in [0, 0.1) is 16.0 Å². The van der Waals surface area contributed by atoms with E-state index in [1.165, 1.54) is 30.2 Å². The van der Waals surface area contributed by atoms with Crippen LogP contribution in [0.4, 0.5) is 17.1 Å².